The lowest BCUT2D eigenvalue weighted by atomic mass is 10.2. The van der Waals surface area contributed by atoms with Crippen molar-refractivity contribution in [1.29, 1.82) is 0 Å². The topological polar surface area (TPSA) is 71.5 Å². The molecule has 27 heavy (non-hydrogen) atoms. The number of halogens is 1. The largest absolute Gasteiger partial charge is 0.468 e. The Morgan fingerprint density at radius 2 is 2.04 bits per heavy atom. The molecular weight excluding hydrogens is 349 g/mol. The van der Waals surface area contributed by atoms with Gasteiger partial charge in [0, 0.05) is 24.9 Å². The number of nitrogens with one attached hydrogen (secondary N) is 1. The quantitative estimate of drug-likeness (QED) is 0.657. The number of oxazole rings is 1. The average Bonchev–Trinajstić information content (AvgIpc) is 3.33. The first-order valence-electron chi connectivity index (χ1n) is 8.70. The molecule has 0 radical (unpaired) electrons. The Hall–Kier alpha value is -2.93. The molecule has 1 N–H and O–H groups in total. The Balaban J connectivity index is 1.50. The molecule has 0 aliphatic heterocycles. The Kier molecular flexibility index (Phi) is 6.03. The zero-order valence-corrected chi connectivity index (χ0v) is 15.3. The molecule has 0 fully saturated rings. The van der Waals surface area contributed by atoms with E-state index < -0.39 is 0 Å². The number of furan rings is 1. The van der Waals surface area contributed by atoms with E-state index >= 15 is 0 Å². The van der Waals surface area contributed by atoms with Crippen LogP contribution in [0.25, 0.3) is 11.3 Å². The van der Waals surface area contributed by atoms with Crippen molar-refractivity contribution in [2.75, 3.05) is 20.6 Å². The minimum Gasteiger partial charge on any atom is -0.468 e. The minimum atomic E-state index is -0.305. The van der Waals surface area contributed by atoms with Gasteiger partial charge in [0.15, 0.2) is 11.7 Å². The summed E-state index contributed by atoms with van der Waals surface area (Å²) in [5.74, 6) is 1.43. The van der Waals surface area contributed by atoms with Crippen LogP contribution in [0.3, 0.4) is 0 Å². The van der Waals surface area contributed by atoms with Gasteiger partial charge in [0.2, 0.25) is 5.91 Å². The molecular formula is C20H22FN3O3. The highest BCUT2D eigenvalue weighted by Gasteiger charge is 2.18. The van der Waals surface area contributed by atoms with Crippen LogP contribution in [0.1, 0.15) is 24.1 Å². The molecule has 7 heteroatoms. The molecule has 0 bridgehead atoms. The molecule has 2 heterocycles. The molecule has 0 saturated carbocycles. The van der Waals surface area contributed by atoms with Crippen molar-refractivity contribution in [3.8, 4) is 11.3 Å². The fourth-order valence-corrected chi connectivity index (χ4v) is 2.71. The predicted octanol–water partition coefficient (Wildman–Crippen LogP) is 3.43. The lowest BCUT2D eigenvalue weighted by molar-refractivity contribution is -0.121. The minimum absolute atomic E-state index is 0.0317. The summed E-state index contributed by atoms with van der Waals surface area (Å²) in [6, 6.07) is 9.67. The third-order valence-electron chi connectivity index (χ3n) is 4.24. The maximum absolute atomic E-state index is 13.0. The number of hydrogen-bond donors (Lipinski definition) is 1. The van der Waals surface area contributed by atoms with Crippen molar-refractivity contribution in [3.05, 3.63) is 66.3 Å². The first-order chi connectivity index (χ1) is 13.0. The monoisotopic (exact) mass is 371 g/mol. The summed E-state index contributed by atoms with van der Waals surface area (Å²) in [6.45, 7) is 0.450. The van der Waals surface area contributed by atoms with Gasteiger partial charge in [0.1, 0.15) is 11.6 Å². The van der Waals surface area contributed by atoms with E-state index in [2.05, 4.69) is 10.3 Å². The van der Waals surface area contributed by atoms with Crippen LogP contribution in [-0.2, 0) is 11.2 Å². The maximum atomic E-state index is 13.0. The van der Waals surface area contributed by atoms with Gasteiger partial charge < -0.3 is 14.2 Å². The van der Waals surface area contributed by atoms with Gasteiger partial charge >= 0.3 is 0 Å². The van der Waals surface area contributed by atoms with Crippen molar-refractivity contribution >= 4 is 5.91 Å². The SMILES string of the molecule is CN(C)[C@@H](CNC(=O)CCc1ncc(-c2ccc(F)cc2)o1)c1ccco1. The van der Waals surface area contributed by atoms with E-state index in [0.717, 1.165) is 11.3 Å². The summed E-state index contributed by atoms with van der Waals surface area (Å²) < 4.78 is 24.1. The van der Waals surface area contributed by atoms with Gasteiger partial charge in [-0.1, -0.05) is 0 Å². The lowest BCUT2D eigenvalue weighted by Gasteiger charge is -2.22. The summed E-state index contributed by atoms with van der Waals surface area (Å²) in [7, 11) is 3.87. The molecule has 1 amide bonds. The number of benzene rings is 1. The summed E-state index contributed by atoms with van der Waals surface area (Å²) in [4.78, 5) is 18.3. The molecule has 3 rings (SSSR count). The molecule has 3 aromatic rings. The molecule has 1 aromatic carbocycles. The van der Waals surface area contributed by atoms with Crippen LogP contribution in [0.15, 0.2) is 57.7 Å². The zero-order chi connectivity index (χ0) is 19.2. The second-order valence-corrected chi connectivity index (χ2v) is 6.42. The van der Waals surface area contributed by atoms with E-state index in [1.165, 1.54) is 12.1 Å². The smallest absolute Gasteiger partial charge is 0.220 e. The lowest BCUT2D eigenvalue weighted by Crippen LogP contribution is -2.34. The fraction of sp³-hybridized carbons (Fsp3) is 0.300. The van der Waals surface area contributed by atoms with E-state index in [1.807, 2.05) is 31.1 Å². The van der Waals surface area contributed by atoms with Crippen molar-refractivity contribution in [2.45, 2.75) is 18.9 Å². The van der Waals surface area contributed by atoms with Gasteiger partial charge in [0.25, 0.3) is 0 Å². The van der Waals surface area contributed by atoms with Crippen LogP contribution >= 0.6 is 0 Å². The molecule has 0 spiro atoms. The van der Waals surface area contributed by atoms with Gasteiger partial charge in [0.05, 0.1) is 18.5 Å². The summed E-state index contributed by atoms with van der Waals surface area (Å²) in [5.41, 5.74) is 0.742. The van der Waals surface area contributed by atoms with Crippen LogP contribution < -0.4 is 5.32 Å². The molecule has 0 aliphatic rings. The number of aryl methyl sites for hydroxylation is 1. The van der Waals surface area contributed by atoms with Gasteiger partial charge in [-0.25, -0.2) is 9.37 Å². The van der Waals surface area contributed by atoms with Gasteiger partial charge in [-0.3, -0.25) is 9.69 Å². The molecule has 0 unspecified atom stereocenters. The number of hydrogen-bond acceptors (Lipinski definition) is 5. The molecule has 0 saturated heterocycles. The Labute approximate surface area is 157 Å². The third kappa shape index (κ3) is 5.04. The van der Waals surface area contributed by atoms with E-state index in [0.29, 0.717) is 24.6 Å². The number of carbonyl (C=O) groups is 1. The number of aromatic nitrogens is 1. The van der Waals surface area contributed by atoms with Crippen molar-refractivity contribution in [3.63, 3.8) is 0 Å². The van der Waals surface area contributed by atoms with Gasteiger partial charge in [-0.2, -0.15) is 0 Å². The van der Waals surface area contributed by atoms with Crippen molar-refractivity contribution in [1.82, 2.24) is 15.2 Å². The van der Waals surface area contributed by atoms with E-state index in [9.17, 15) is 9.18 Å². The second kappa shape index (κ2) is 8.64. The predicted molar refractivity (Wildman–Crippen MR) is 98.4 cm³/mol. The maximum Gasteiger partial charge on any atom is 0.220 e. The number of rotatable bonds is 8. The number of carbonyl (C=O) groups excluding carboxylic acids is 1. The Morgan fingerprint density at radius 1 is 1.26 bits per heavy atom. The summed E-state index contributed by atoms with van der Waals surface area (Å²) >= 11 is 0. The fourth-order valence-electron chi connectivity index (χ4n) is 2.71. The molecule has 2 aromatic heterocycles. The normalized spacial score (nSPS) is 12.3. The third-order valence-corrected chi connectivity index (χ3v) is 4.24. The number of amides is 1. The summed E-state index contributed by atoms with van der Waals surface area (Å²) in [5, 5.41) is 2.92. The van der Waals surface area contributed by atoms with Crippen LogP contribution in [0.5, 0.6) is 0 Å². The summed E-state index contributed by atoms with van der Waals surface area (Å²) in [6.07, 6.45) is 3.86. The van der Waals surface area contributed by atoms with Crippen molar-refractivity contribution in [2.24, 2.45) is 0 Å². The molecule has 142 valence electrons. The van der Waals surface area contributed by atoms with E-state index in [-0.39, 0.29) is 24.2 Å². The van der Waals surface area contributed by atoms with Crippen LogP contribution in [0.2, 0.25) is 0 Å². The molecule has 0 aliphatic carbocycles. The van der Waals surface area contributed by atoms with Crippen molar-refractivity contribution < 1.29 is 18.0 Å². The first kappa shape index (κ1) is 18.8. The number of likely N-dealkylation sites (N-methyl/N-ethyl adjacent to an activating group) is 1. The highest BCUT2D eigenvalue weighted by molar-refractivity contribution is 5.76. The second-order valence-electron chi connectivity index (χ2n) is 6.42. The highest BCUT2D eigenvalue weighted by Crippen LogP contribution is 2.21. The van der Waals surface area contributed by atoms with Gasteiger partial charge in [-0.05, 0) is 50.5 Å². The Bertz CT molecular complexity index is 857. The zero-order valence-electron chi connectivity index (χ0n) is 15.3. The van der Waals surface area contributed by atoms with E-state index in [4.69, 9.17) is 8.83 Å². The standard InChI is InChI=1S/C20H22FN3O3/c1-24(2)16(17-4-3-11-26-17)12-22-19(25)9-10-20-23-13-18(27-20)14-5-7-15(21)8-6-14/h3-8,11,13,16H,9-10,12H2,1-2H3,(H,22,25)/t16-/m0/s1. The van der Waals surface area contributed by atoms with Gasteiger partial charge in [-0.15, -0.1) is 0 Å². The van der Waals surface area contributed by atoms with Crippen LogP contribution in [0.4, 0.5) is 4.39 Å². The Morgan fingerprint density at radius 3 is 2.70 bits per heavy atom. The molecule has 1 atom stereocenters. The molecule has 6 nitrogen and oxygen atoms in total. The number of nitrogens with zero attached hydrogens (tertiary/aromatic N) is 2. The highest BCUT2D eigenvalue weighted by atomic mass is 19.1. The van der Waals surface area contributed by atoms with Crippen LogP contribution in [-0.4, -0.2) is 36.4 Å². The average molecular weight is 371 g/mol. The van der Waals surface area contributed by atoms with E-state index in [1.54, 1.807) is 24.6 Å². The van der Waals surface area contributed by atoms with Crippen LogP contribution in [0, 0.1) is 5.82 Å². The first-order valence-corrected chi connectivity index (χ1v) is 8.70.